The SMILES string of the molecule is O=C(NCCCSC1CCCCC1)c1ccc(C[S@@](=O)c2ccccc2)o1. The van der Waals surface area contributed by atoms with Crippen molar-refractivity contribution in [3.8, 4) is 0 Å². The third-order valence-corrected chi connectivity index (χ3v) is 7.49. The number of benzene rings is 1. The van der Waals surface area contributed by atoms with Gasteiger partial charge in [0.25, 0.3) is 5.91 Å². The molecule has 1 aromatic carbocycles. The Morgan fingerprint density at radius 1 is 1.11 bits per heavy atom. The Kier molecular flexibility index (Phi) is 8.02. The van der Waals surface area contributed by atoms with Crippen LogP contribution in [0.2, 0.25) is 0 Å². The highest BCUT2D eigenvalue weighted by Crippen LogP contribution is 2.28. The standard InChI is InChI=1S/C21H27NO3S2/c23-21(22-14-7-15-26-18-8-3-1-4-9-18)20-13-12-17(25-20)16-27(24)19-10-5-2-6-11-19/h2,5-6,10-13,18H,1,3-4,7-9,14-16H2,(H,22,23)/t27-/m1/s1. The molecule has 0 unspecified atom stereocenters. The molecule has 1 amide bonds. The monoisotopic (exact) mass is 405 g/mol. The van der Waals surface area contributed by atoms with E-state index in [2.05, 4.69) is 5.32 Å². The van der Waals surface area contributed by atoms with E-state index in [1.165, 1.54) is 32.1 Å². The van der Waals surface area contributed by atoms with E-state index in [4.69, 9.17) is 4.42 Å². The van der Waals surface area contributed by atoms with E-state index in [1.54, 1.807) is 12.1 Å². The van der Waals surface area contributed by atoms with Crippen LogP contribution < -0.4 is 5.32 Å². The molecule has 1 N–H and O–H groups in total. The number of amides is 1. The van der Waals surface area contributed by atoms with Crippen molar-refractivity contribution in [3.63, 3.8) is 0 Å². The van der Waals surface area contributed by atoms with Crippen molar-refractivity contribution >= 4 is 28.5 Å². The Morgan fingerprint density at radius 3 is 2.67 bits per heavy atom. The number of nitrogens with one attached hydrogen (secondary N) is 1. The average molecular weight is 406 g/mol. The number of carbonyl (C=O) groups excluding carboxylic acids is 1. The number of hydrogen-bond acceptors (Lipinski definition) is 4. The van der Waals surface area contributed by atoms with E-state index in [0.717, 1.165) is 22.3 Å². The summed E-state index contributed by atoms with van der Waals surface area (Å²) in [6, 6.07) is 12.7. The van der Waals surface area contributed by atoms with Crippen LogP contribution in [0.3, 0.4) is 0 Å². The molecule has 3 rings (SSSR count). The minimum absolute atomic E-state index is 0.200. The zero-order chi connectivity index (χ0) is 18.9. The summed E-state index contributed by atoms with van der Waals surface area (Å²) in [6.07, 6.45) is 7.78. The first kappa shape index (κ1) is 20.2. The molecule has 6 heteroatoms. The van der Waals surface area contributed by atoms with E-state index < -0.39 is 10.8 Å². The fourth-order valence-electron chi connectivity index (χ4n) is 3.21. The zero-order valence-electron chi connectivity index (χ0n) is 15.5. The Bertz CT molecular complexity index is 739. The van der Waals surface area contributed by atoms with Crippen molar-refractivity contribution < 1.29 is 13.4 Å². The summed E-state index contributed by atoms with van der Waals surface area (Å²) in [6.45, 7) is 0.657. The molecule has 2 aromatic rings. The molecule has 0 spiro atoms. The van der Waals surface area contributed by atoms with E-state index in [1.807, 2.05) is 42.1 Å². The van der Waals surface area contributed by atoms with Crippen LogP contribution in [0.1, 0.15) is 54.8 Å². The molecule has 0 bridgehead atoms. The van der Waals surface area contributed by atoms with E-state index in [9.17, 15) is 9.00 Å². The van der Waals surface area contributed by atoms with Gasteiger partial charge in [-0.3, -0.25) is 9.00 Å². The summed E-state index contributed by atoms with van der Waals surface area (Å²) >= 11 is 2.05. The second-order valence-corrected chi connectivity index (χ2v) is 9.67. The number of carbonyl (C=O) groups is 1. The first-order chi connectivity index (χ1) is 13.2. The average Bonchev–Trinajstić information content (AvgIpc) is 3.17. The number of rotatable bonds is 9. The Morgan fingerprint density at radius 2 is 1.89 bits per heavy atom. The van der Waals surface area contributed by atoms with Gasteiger partial charge in [-0.1, -0.05) is 37.5 Å². The minimum Gasteiger partial charge on any atom is -0.455 e. The smallest absolute Gasteiger partial charge is 0.286 e. The summed E-state index contributed by atoms with van der Waals surface area (Å²) in [4.78, 5) is 13.0. The highest BCUT2D eigenvalue weighted by molar-refractivity contribution is 7.99. The topological polar surface area (TPSA) is 59.3 Å². The van der Waals surface area contributed by atoms with E-state index >= 15 is 0 Å². The Labute approximate surface area is 168 Å². The van der Waals surface area contributed by atoms with Gasteiger partial charge >= 0.3 is 0 Å². The van der Waals surface area contributed by atoms with Gasteiger partial charge in [0, 0.05) is 16.7 Å². The van der Waals surface area contributed by atoms with Crippen LogP contribution in [-0.2, 0) is 16.6 Å². The van der Waals surface area contributed by atoms with Crippen LogP contribution in [0, 0.1) is 0 Å². The van der Waals surface area contributed by atoms with Crippen LogP contribution in [0.5, 0.6) is 0 Å². The minimum atomic E-state index is -1.17. The molecule has 0 aliphatic heterocycles. The van der Waals surface area contributed by atoms with E-state index in [-0.39, 0.29) is 17.4 Å². The van der Waals surface area contributed by atoms with Crippen LogP contribution in [-0.4, -0.2) is 27.7 Å². The molecule has 146 valence electrons. The molecule has 27 heavy (non-hydrogen) atoms. The van der Waals surface area contributed by atoms with Crippen molar-refractivity contribution in [1.29, 1.82) is 0 Å². The van der Waals surface area contributed by atoms with Crippen LogP contribution in [0.15, 0.2) is 51.8 Å². The third-order valence-electron chi connectivity index (χ3n) is 4.68. The maximum Gasteiger partial charge on any atom is 0.286 e. The molecule has 1 heterocycles. The zero-order valence-corrected chi connectivity index (χ0v) is 17.2. The van der Waals surface area contributed by atoms with Gasteiger partial charge in [0.1, 0.15) is 5.76 Å². The van der Waals surface area contributed by atoms with Gasteiger partial charge in [0.05, 0.1) is 16.6 Å². The fourth-order valence-corrected chi connectivity index (χ4v) is 5.56. The predicted octanol–water partition coefficient (Wildman–Crippen LogP) is 4.77. The van der Waals surface area contributed by atoms with Crippen LogP contribution in [0.4, 0.5) is 0 Å². The van der Waals surface area contributed by atoms with Gasteiger partial charge in [0.2, 0.25) is 0 Å². The largest absolute Gasteiger partial charge is 0.455 e. The molecule has 1 aromatic heterocycles. The summed E-state index contributed by atoms with van der Waals surface area (Å²) in [5.74, 6) is 2.01. The summed E-state index contributed by atoms with van der Waals surface area (Å²) < 4.78 is 17.9. The van der Waals surface area contributed by atoms with Crippen molar-refractivity contribution in [3.05, 3.63) is 54.0 Å². The second-order valence-electron chi connectivity index (χ2n) is 6.81. The van der Waals surface area contributed by atoms with Gasteiger partial charge in [-0.15, -0.1) is 0 Å². The first-order valence-corrected chi connectivity index (χ1v) is 12.0. The maximum absolute atomic E-state index is 12.3. The molecule has 0 radical (unpaired) electrons. The van der Waals surface area contributed by atoms with Gasteiger partial charge in [-0.2, -0.15) is 11.8 Å². The lowest BCUT2D eigenvalue weighted by Gasteiger charge is -2.20. The van der Waals surface area contributed by atoms with Crippen molar-refractivity contribution in [2.45, 2.75) is 54.4 Å². The fraction of sp³-hybridized carbons (Fsp3) is 0.476. The highest BCUT2D eigenvalue weighted by Gasteiger charge is 2.15. The van der Waals surface area contributed by atoms with Crippen molar-refractivity contribution in [2.24, 2.45) is 0 Å². The van der Waals surface area contributed by atoms with Gasteiger partial charge in [-0.25, -0.2) is 0 Å². The lowest BCUT2D eigenvalue weighted by atomic mass is 10.0. The second kappa shape index (κ2) is 10.7. The molecule has 4 nitrogen and oxygen atoms in total. The molecule has 0 saturated heterocycles. The van der Waals surface area contributed by atoms with Crippen LogP contribution in [0.25, 0.3) is 0 Å². The summed E-state index contributed by atoms with van der Waals surface area (Å²) in [5.41, 5.74) is 0. The lowest BCUT2D eigenvalue weighted by molar-refractivity contribution is 0.0924. The number of hydrogen-bond donors (Lipinski definition) is 1. The first-order valence-electron chi connectivity index (χ1n) is 9.64. The molecule has 1 aliphatic rings. The summed E-state index contributed by atoms with van der Waals surface area (Å²) in [5, 5.41) is 3.73. The molecule has 1 aliphatic carbocycles. The van der Waals surface area contributed by atoms with Gasteiger partial charge in [-0.05, 0) is 49.3 Å². The van der Waals surface area contributed by atoms with Crippen LogP contribution >= 0.6 is 11.8 Å². The summed E-state index contributed by atoms with van der Waals surface area (Å²) in [7, 11) is -1.17. The van der Waals surface area contributed by atoms with E-state index in [0.29, 0.717) is 12.3 Å². The number of furan rings is 1. The van der Waals surface area contributed by atoms with Gasteiger partial charge in [0.15, 0.2) is 5.76 Å². The Hall–Kier alpha value is -1.53. The van der Waals surface area contributed by atoms with Crippen molar-refractivity contribution in [1.82, 2.24) is 5.32 Å². The number of thioether (sulfide) groups is 1. The maximum atomic E-state index is 12.3. The normalized spacial score (nSPS) is 16.1. The molecular weight excluding hydrogens is 378 g/mol. The molecular formula is C21H27NO3S2. The highest BCUT2D eigenvalue weighted by atomic mass is 32.2. The van der Waals surface area contributed by atoms with Gasteiger partial charge < -0.3 is 9.73 Å². The van der Waals surface area contributed by atoms with Crippen molar-refractivity contribution in [2.75, 3.05) is 12.3 Å². The quantitative estimate of drug-likeness (QED) is 0.610. The lowest BCUT2D eigenvalue weighted by Crippen LogP contribution is -2.24. The predicted molar refractivity (Wildman–Crippen MR) is 112 cm³/mol. The molecule has 1 fully saturated rings. The third kappa shape index (κ3) is 6.54. The Balaban J connectivity index is 1.37. The molecule has 1 atom stereocenters. The molecule has 1 saturated carbocycles.